The smallest absolute Gasteiger partial charge is 0.253 e. The Morgan fingerprint density at radius 1 is 1.67 bits per heavy atom. The second-order valence-corrected chi connectivity index (χ2v) is 3.58. The number of aromatic amines is 1. The summed E-state index contributed by atoms with van der Waals surface area (Å²) >= 11 is 0. The molecule has 0 spiro atoms. The Bertz CT molecular complexity index is 405. The zero-order valence-corrected chi connectivity index (χ0v) is 8.50. The van der Waals surface area contributed by atoms with Crippen molar-refractivity contribution >= 4 is 0 Å². The van der Waals surface area contributed by atoms with Crippen molar-refractivity contribution in [2.24, 2.45) is 0 Å². The summed E-state index contributed by atoms with van der Waals surface area (Å²) in [5.74, 6) is -0.424. The number of pyridine rings is 1. The lowest BCUT2D eigenvalue weighted by Gasteiger charge is -2.21. The first-order valence-corrected chi connectivity index (χ1v) is 4.91. The van der Waals surface area contributed by atoms with E-state index in [0.717, 1.165) is 25.6 Å². The zero-order chi connectivity index (χ0) is 10.8. The van der Waals surface area contributed by atoms with Crippen LogP contribution in [0.1, 0.15) is 24.4 Å². The molecule has 82 valence electrons. The van der Waals surface area contributed by atoms with E-state index in [2.05, 4.69) is 4.98 Å². The maximum Gasteiger partial charge on any atom is 0.253 e. The first-order valence-electron chi connectivity index (χ1n) is 4.91. The lowest BCUT2D eigenvalue weighted by molar-refractivity contribution is -0.143. The maximum absolute atomic E-state index is 13.0. The fraction of sp³-hybridized carbons (Fsp3) is 0.500. The van der Waals surface area contributed by atoms with Crippen molar-refractivity contribution in [3.8, 4) is 0 Å². The van der Waals surface area contributed by atoms with Crippen LogP contribution in [-0.2, 0) is 4.84 Å². The molecule has 0 aliphatic carbocycles. The van der Waals surface area contributed by atoms with Crippen LogP contribution in [0.2, 0.25) is 0 Å². The van der Waals surface area contributed by atoms with E-state index in [4.69, 9.17) is 4.84 Å². The van der Waals surface area contributed by atoms with Gasteiger partial charge in [0.05, 0.1) is 13.2 Å². The van der Waals surface area contributed by atoms with Crippen LogP contribution in [0.15, 0.2) is 17.1 Å². The highest BCUT2D eigenvalue weighted by Crippen LogP contribution is 2.29. The minimum Gasteiger partial charge on any atom is -0.326 e. The van der Waals surface area contributed by atoms with Gasteiger partial charge in [0.2, 0.25) is 0 Å². The molecule has 1 aromatic rings. The second kappa shape index (κ2) is 4.12. The van der Waals surface area contributed by atoms with Crippen LogP contribution < -0.4 is 5.56 Å². The van der Waals surface area contributed by atoms with Crippen LogP contribution in [0.4, 0.5) is 4.39 Å². The molecule has 0 radical (unpaired) electrons. The van der Waals surface area contributed by atoms with Gasteiger partial charge in [-0.3, -0.25) is 4.79 Å². The van der Waals surface area contributed by atoms with Gasteiger partial charge >= 0.3 is 0 Å². The topological polar surface area (TPSA) is 45.3 Å². The van der Waals surface area contributed by atoms with Crippen molar-refractivity contribution in [1.82, 2.24) is 10.0 Å². The quantitative estimate of drug-likeness (QED) is 0.801. The summed E-state index contributed by atoms with van der Waals surface area (Å²) in [6.07, 6.45) is 2.84. The molecule has 2 heterocycles. The van der Waals surface area contributed by atoms with E-state index in [1.807, 2.05) is 0 Å². The summed E-state index contributed by atoms with van der Waals surface area (Å²) in [5, 5.41) is 1.71. The Kier molecular flexibility index (Phi) is 2.83. The summed E-state index contributed by atoms with van der Waals surface area (Å²) in [5.41, 5.74) is 0.194. The van der Waals surface area contributed by atoms with Crippen molar-refractivity contribution in [3.63, 3.8) is 0 Å². The number of hydrogen-bond donors (Lipinski definition) is 1. The average Bonchev–Trinajstić information content (AvgIpc) is 2.69. The van der Waals surface area contributed by atoms with E-state index in [0.29, 0.717) is 5.56 Å². The fourth-order valence-corrected chi connectivity index (χ4v) is 1.99. The number of H-pyrrole nitrogens is 1. The third-order valence-electron chi connectivity index (χ3n) is 2.69. The molecule has 0 bridgehead atoms. The fourth-order valence-electron chi connectivity index (χ4n) is 1.99. The monoisotopic (exact) mass is 212 g/mol. The minimum absolute atomic E-state index is 0.130. The predicted molar refractivity (Wildman–Crippen MR) is 52.7 cm³/mol. The largest absolute Gasteiger partial charge is 0.326 e. The molecule has 1 aliphatic heterocycles. The Morgan fingerprint density at radius 3 is 3.20 bits per heavy atom. The highest BCUT2D eigenvalue weighted by molar-refractivity contribution is 5.16. The Balaban J connectivity index is 2.36. The Labute approximate surface area is 86.6 Å². The van der Waals surface area contributed by atoms with Crippen LogP contribution in [-0.4, -0.2) is 23.7 Å². The third kappa shape index (κ3) is 1.93. The van der Waals surface area contributed by atoms with Crippen molar-refractivity contribution in [3.05, 3.63) is 34.0 Å². The SMILES string of the molecule is CON1CCC[C@H]1c1cc(F)c[nH]c1=O. The van der Waals surface area contributed by atoms with Gasteiger partial charge in [0, 0.05) is 18.3 Å². The molecule has 0 unspecified atom stereocenters. The van der Waals surface area contributed by atoms with Crippen LogP contribution in [0.25, 0.3) is 0 Å². The van der Waals surface area contributed by atoms with Crippen LogP contribution in [0.3, 0.4) is 0 Å². The number of rotatable bonds is 2. The van der Waals surface area contributed by atoms with Crippen LogP contribution in [0.5, 0.6) is 0 Å². The first kappa shape index (κ1) is 10.3. The molecule has 15 heavy (non-hydrogen) atoms. The number of halogens is 1. The number of nitrogens with one attached hydrogen (secondary N) is 1. The van der Waals surface area contributed by atoms with Crippen molar-refractivity contribution < 1.29 is 9.23 Å². The molecule has 1 atom stereocenters. The number of nitrogens with zero attached hydrogens (tertiary/aromatic N) is 1. The van der Waals surface area contributed by atoms with Gasteiger partial charge in [-0.05, 0) is 18.9 Å². The van der Waals surface area contributed by atoms with Crippen LogP contribution in [0, 0.1) is 5.82 Å². The lowest BCUT2D eigenvalue weighted by Crippen LogP contribution is -2.27. The van der Waals surface area contributed by atoms with E-state index in [9.17, 15) is 9.18 Å². The van der Waals surface area contributed by atoms with E-state index in [-0.39, 0.29) is 11.6 Å². The number of hydroxylamine groups is 2. The summed E-state index contributed by atoms with van der Waals surface area (Å²) < 4.78 is 13.0. The molecule has 0 amide bonds. The molecule has 1 saturated heterocycles. The number of hydrogen-bond acceptors (Lipinski definition) is 3. The molecule has 0 saturated carbocycles. The van der Waals surface area contributed by atoms with E-state index in [1.54, 1.807) is 12.2 Å². The molecule has 1 N–H and O–H groups in total. The van der Waals surface area contributed by atoms with Gasteiger partial charge in [0.1, 0.15) is 5.82 Å². The lowest BCUT2D eigenvalue weighted by atomic mass is 10.1. The molecular weight excluding hydrogens is 199 g/mol. The normalized spacial score (nSPS) is 22.1. The van der Waals surface area contributed by atoms with Crippen LogP contribution >= 0.6 is 0 Å². The van der Waals surface area contributed by atoms with Gasteiger partial charge in [0.15, 0.2) is 0 Å². The molecule has 1 aliphatic rings. The predicted octanol–water partition coefficient (Wildman–Crippen LogP) is 1.21. The van der Waals surface area contributed by atoms with Gasteiger partial charge in [-0.1, -0.05) is 0 Å². The minimum atomic E-state index is -0.424. The average molecular weight is 212 g/mol. The van der Waals surface area contributed by atoms with Gasteiger partial charge in [-0.2, -0.15) is 5.06 Å². The molecule has 1 fully saturated rings. The first-order chi connectivity index (χ1) is 7.22. The Morgan fingerprint density at radius 2 is 2.47 bits per heavy atom. The molecular formula is C10H13FN2O2. The summed E-state index contributed by atoms with van der Waals surface area (Å²) in [4.78, 5) is 19.0. The molecule has 4 nitrogen and oxygen atoms in total. The van der Waals surface area contributed by atoms with Gasteiger partial charge < -0.3 is 9.82 Å². The highest BCUT2D eigenvalue weighted by Gasteiger charge is 2.28. The molecule has 1 aromatic heterocycles. The van der Waals surface area contributed by atoms with Gasteiger partial charge in [-0.15, -0.1) is 0 Å². The van der Waals surface area contributed by atoms with Crippen molar-refractivity contribution in [2.75, 3.05) is 13.7 Å². The molecule has 0 aromatic carbocycles. The second-order valence-electron chi connectivity index (χ2n) is 3.58. The molecule has 5 heteroatoms. The summed E-state index contributed by atoms with van der Waals surface area (Å²) in [6.45, 7) is 0.775. The van der Waals surface area contributed by atoms with Crippen molar-refractivity contribution in [1.29, 1.82) is 0 Å². The maximum atomic E-state index is 13.0. The van der Waals surface area contributed by atoms with E-state index >= 15 is 0 Å². The standard InChI is InChI=1S/C10H13FN2O2/c1-15-13-4-2-3-9(13)8-5-7(11)6-12-10(8)14/h5-6,9H,2-4H2,1H3,(H,12,14)/t9-/m0/s1. The Hall–Kier alpha value is -1.20. The number of aromatic nitrogens is 1. The summed E-state index contributed by atoms with van der Waals surface area (Å²) in [6, 6.07) is 1.15. The summed E-state index contributed by atoms with van der Waals surface area (Å²) in [7, 11) is 1.56. The van der Waals surface area contributed by atoms with Gasteiger partial charge in [0.25, 0.3) is 5.56 Å². The van der Waals surface area contributed by atoms with Crippen molar-refractivity contribution in [2.45, 2.75) is 18.9 Å². The van der Waals surface area contributed by atoms with E-state index in [1.165, 1.54) is 6.07 Å². The third-order valence-corrected chi connectivity index (χ3v) is 2.69. The van der Waals surface area contributed by atoms with Gasteiger partial charge in [-0.25, -0.2) is 4.39 Å². The molecule has 2 rings (SSSR count). The highest BCUT2D eigenvalue weighted by atomic mass is 19.1. The van der Waals surface area contributed by atoms with E-state index < -0.39 is 5.82 Å². The zero-order valence-electron chi connectivity index (χ0n) is 8.50.